The highest BCUT2D eigenvalue weighted by Gasteiger charge is 2.22. The number of furan rings is 1. The van der Waals surface area contributed by atoms with Crippen LogP contribution >= 0.6 is 0 Å². The third-order valence-electron chi connectivity index (χ3n) is 3.78. The number of nitriles is 1. The molecule has 6 nitrogen and oxygen atoms in total. The Morgan fingerprint density at radius 3 is 2.56 bits per heavy atom. The normalized spacial score (nSPS) is 11.2. The van der Waals surface area contributed by atoms with Gasteiger partial charge in [0.15, 0.2) is 5.76 Å². The van der Waals surface area contributed by atoms with Crippen LogP contribution in [0.1, 0.15) is 17.0 Å². The molecule has 0 atom stereocenters. The Bertz CT molecular complexity index is 1080. The summed E-state index contributed by atoms with van der Waals surface area (Å²) in [5.41, 5.74) is 0.933. The van der Waals surface area contributed by atoms with E-state index in [1.807, 2.05) is 0 Å². The number of hydrogen-bond donors (Lipinski definition) is 0. The van der Waals surface area contributed by atoms with Crippen LogP contribution < -0.4 is 4.31 Å². The molecule has 25 heavy (non-hydrogen) atoms. The van der Waals surface area contributed by atoms with Crippen molar-refractivity contribution in [2.45, 2.75) is 11.3 Å². The smallest absolute Gasteiger partial charge is 0.264 e. The number of fused-ring (bicyclic) bond motifs is 1. The first-order valence-corrected chi connectivity index (χ1v) is 8.85. The monoisotopic (exact) mass is 354 g/mol. The molecule has 0 amide bonds. The summed E-state index contributed by atoms with van der Waals surface area (Å²) in [6.45, 7) is 0. The average Bonchev–Trinajstić information content (AvgIpc) is 3.05. The number of anilines is 1. The van der Waals surface area contributed by atoms with E-state index in [2.05, 4.69) is 0 Å². The molecule has 0 N–H and O–H groups in total. The van der Waals surface area contributed by atoms with Crippen molar-refractivity contribution in [2.75, 3.05) is 11.4 Å². The van der Waals surface area contributed by atoms with Gasteiger partial charge in [-0.25, -0.2) is 8.42 Å². The van der Waals surface area contributed by atoms with Crippen molar-refractivity contribution in [1.29, 1.82) is 5.26 Å². The fourth-order valence-corrected chi connectivity index (χ4v) is 3.64. The quantitative estimate of drug-likeness (QED) is 0.655. The molecule has 2 aromatic carbocycles. The summed E-state index contributed by atoms with van der Waals surface area (Å²) in [4.78, 5) is 11.8. The van der Waals surface area contributed by atoms with E-state index in [0.29, 0.717) is 16.7 Å². The van der Waals surface area contributed by atoms with Crippen molar-refractivity contribution in [3.8, 4) is 6.07 Å². The Balaban J connectivity index is 2.01. The second-order valence-electron chi connectivity index (χ2n) is 5.38. The second kappa shape index (κ2) is 6.42. The van der Waals surface area contributed by atoms with E-state index >= 15 is 0 Å². The molecule has 0 radical (unpaired) electrons. The SMILES string of the molecule is CN(c1ccccc1)S(=O)(=O)c1ccc2oc(C(=O)CC#N)cc2c1. The van der Waals surface area contributed by atoms with Gasteiger partial charge in [-0.2, -0.15) is 5.26 Å². The summed E-state index contributed by atoms with van der Waals surface area (Å²) in [6, 6.07) is 16.3. The van der Waals surface area contributed by atoms with Crippen LogP contribution in [0.25, 0.3) is 11.0 Å². The van der Waals surface area contributed by atoms with Crippen LogP contribution in [0.5, 0.6) is 0 Å². The lowest BCUT2D eigenvalue weighted by molar-refractivity contribution is 0.0973. The fraction of sp³-hybridized carbons (Fsp3) is 0.111. The zero-order chi connectivity index (χ0) is 18.0. The van der Waals surface area contributed by atoms with Crippen LogP contribution in [0.15, 0.2) is 63.9 Å². The Hall–Kier alpha value is -3.11. The van der Waals surface area contributed by atoms with Crippen LogP contribution in [-0.2, 0) is 10.0 Å². The third kappa shape index (κ3) is 3.12. The average molecular weight is 354 g/mol. The number of rotatable bonds is 5. The lowest BCUT2D eigenvalue weighted by atomic mass is 10.2. The number of carbonyl (C=O) groups is 1. The van der Waals surface area contributed by atoms with E-state index in [9.17, 15) is 13.2 Å². The van der Waals surface area contributed by atoms with E-state index in [-0.39, 0.29) is 17.1 Å². The van der Waals surface area contributed by atoms with Crippen LogP contribution in [0.2, 0.25) is 0 Å². The molecule has 0 unspecified atom stereocenters. The molecular formula is C18H14N2O4S. The Kier molecular flexibility index (Phi) is 4.30. The van der Waals surface area contributed by atoms with E-state index < -0.39 is 15.8 Å². The minimum absolute atomic E-state index is 0.0440. The summed E-state index contributed by atoms with van der Waals surface area (Å²) < 4.78 is 32.2. The van der Waals surface area contributed by atoms with Gasteiger partial charge in [-0.05, 0) is 36.4 Å². The highest BCUT2D eigenvalue weighted by molar-refractivity contribution is 7.92. The molecule has 1 aromatic heterocycles. The van der Waals surface area contributed by atoms with Gasteiger partial charge < -0.3 is 4.42 Å². The number of sulfonamides is 1. The minimum atomic E-state index is -3.75. The minimum Gasteiger partial charge on any atom is -0.453 e. The number of benzene rings is 2. The molecule has 0 fully saturated rings. The van der Waals surface area contributed by atoms with Crippen LogP contribution in [-0.4, -0.2) is 21.2 Å². The van der Waals surface area contributed by atoms with Crippen LogP contribution in [0.3, 0.4) is 0 Å². The molecule has 0 saturated carbocycles. The number of nitrogens with zero attached hydrogens (tertiary/aromatic N) is 2. The number of Topliss-reactive ketones (excluding diaryl/α,β-unsaturated/α-hetero) is 1. The van der Waals surface area contributed by atoms with E-state index in [0.717, 1.165) is 0 Å². The van der Waals surface area contributed by atoms with E-state index in [1.54, 1.807) is 36.4 Å². The van der Waals surface area contributed by atoms with Gasteiger partial charge in [-0.1, -0.05) is 18.2 Å². The summed E-state index contributed by atoms with van der Waals surface area (Å²) in [5.74, 6) is -0.396. The number of hydrogen-bond acceptors (Lipinski definition) is 5. The van der Waals surface area contributed by atoms with Crippen molar-refractivity contribution in [1.82, 2.24) is 0 Å². The molecule has 0 spiro atoms. The highest BCUT2D eigenvalue weighted by Crippen LogP contribution is 2.27. The van der Waals surface area contributed by atoms with Crippen molar-refractivity contribution in [3.05, 3.63) is 60.4 Å². The molecule has 3 rings (SSSR count). The van der Waals surface area contributed by atoms with Gasteiger partial charge in [0.1, 0.15) is 12.0 Å². The third-order valence-corrected chi connectivity index (χ3v) is 5.56. The standard InChI is InChI=1S/C18H14N2O4S/c1-20(14-5-3-2-4-6-14)25(22,23)15-7-8-17-13(11-15)12-18(24-17)16(21)9-10-19/h2-8,11-12H,9H2,1H3. The molecule has 0 aliphatic heterocycles. The largest absolute Gasteiger partial charge is 0.453 e. The molecular weight excluding hydrogens is 340 g/mol. The lowest BCUT2D eigenvalue weighted by Gasteiger charge is -2.19. The number of carbonyl (C=O) groups excluding carboxylic acids is 1. The Labute approximate surface area is 144 Å². The van der Waals surface area contributed by atoms with Crippen LogP contribution in [0, 0.1) is 11.3 Å². The summed E-state index contributed by atoms with van der Waals surface area (Å²) in [6.07, 6.45) is -0.290. The van der Waals surface area contributed by atoms with Crippen molar-refractivity contribution < 1.29 is 17.6 Å². The fourth-order valence-electron chi connectivity index (χ4n) is 2.41. The zero-order valence-corrected chi connectivity index (χ0v) is 14.2. The van der Waals surface area contributed by atoms with Gasteiger partial charge in [-0.3, -0.25) is 9.10 Å². The summed E-state index contributed by atoms with van der Waals surface area (Å²) in [5, 5.41) is 9.09. The molecule has 0 aliphatic rings. The summed E-state index contributed by atoms with van der Waals surface area (Å²) in [7, 11) is -2.27. The Morgan fingerprint density at radius 2 is 1.88 bits per heavy atom. The predicted molar refractivity (Wildman–Crippen MR) is 92.8 cm³/mol. The first-order valence-electron chi connectivity index (χ1n) is 7.41. The first kappa shape index (κ1) is 16.7. The molecule has 1 heterocycles. The lowest BCUT2D eigenvalue weighted by Crippen LogP contribution is -2.26. The maximum absolute atomic E-state index is 12.8. The number of para-hydroxylation sites is 1. The topological polar surface area (TPSA) is 91.4 Å². The van der Waals surface area contributed by atoms with Gasteiger partial charge in [0.25, 0.3) is 10.0 Å². The molecule has 7 heteroatoms. The molecule has 0 bridgehead atoms. The molecule has 0 aliphatic carbocycles. The summed E-state index contributed by atoms with van der Waals surface area (Å²) >= 11 is 0. The van der Waals surface area contributed by atoms with Gasteiger partial charge >= 0.3 is 0 Å². The maximum atomic E-state index is 12.8. The maximum Gasteiger partial charge on any atom is 0.264 e. The van der Waals surface area contributed by atoms with Gasteiger partial charge in [0.2, 0.25) is 5.78 Å². The molecule has 3 aromatic rings. The van der Waals surface area contributed by atoms with Crippen molar-refractivity contribution in [2.24, 2.45) is 0 Å². The van der Waals surface area contributed by atoms with E-state index in [1.165, 1.54) is 35.6 Å². The van der Waals surface area contributed by atoms with Crippen LogP contribution in [0.4, 0.5) is 5.69 Å². The van der Waals surface area contributed by atoms with Crippen molar-refractivity contribution in [3.63, 3.8) is 0 Å². The van der Waals surface area contributed by atoms with Gasteiger partial charge in [0.05, 0.1) is 16.7 Å². The highest BCUT2D eigenvalue weighted by atomic mass is 32.2. The molecule has 0 saturated heterocycles. The van der Waals surface area contributed by atoms with E-state index in [4.69, 9.17) is 9.68 Å². The predicted octanol–water partition coefficient (Wildman–Crippen LogP) is 3.35. The zero-order valence-electron chi connectivity index (χ0n) is 13.3. The van der Waals surface area contributed by atoms with Gasteiger partial charge in [0, 0.05) is 12.4 Å². The van der Waals surface area contributed by atoms with Crippen molar-refractivity contribution >= 4 is 32.5 Å². The molecule has 126 valence electrons. The van der Waals surface area contributed by atoms with Gasteiger partial charge in [-0.15, -0.1) is 0 Å². The number of ketones is 1. The second-order valence-corrected chi connectivity index (χ2v) is 7.35. The first-order chi connectivity index (χ1) is 11.9. The Morgan fingerprint density at radius 1 is 1.16 bits per heavy atom.